The van der Waals surface area contributed by atoms with Crippen LogP contribution in [0.25, 0.3) is 0 Å². The molecule has 0 unspecified atom stereocenters. The van der Waals surface area contributed by atoms with Crippen LogP contribution >= 0.6 is 24.0 Å². The number of hydrogen-bond acceptors (Lipinski definition) is 3. The first-order valence-corrected chi connectivity index (χ1v) is 10.1. The van der Waals surface area contributed by atoms with Gasteiger partial charge in [-0.3, -0.25) is 4.79 Å². The average molecular weight is 524 g/mol. The van der Waals surface area contributed by atoms with E-state index in [2.05, 4.69) is 33.1 Å². The second-order valence-electron chi connectivity index (χ2n) is 6.82. The number of carbonyl (C=O) groups is 1. The van der Waals surface area contributed by atoms with Crippen LogP contribution in [0.1, 0.15) is 47.3 Å². The number of amides is 1. The van der Waals surface area contributed by atoms with Crippen LogP contribution < -0.4 is 20.7 Å². The summed E-state index contributed by atoms with van der Waals surface area (Å²) in [6.45, 7) is 8.63. The molecular weight excluding hydrogens is 491 g/mol. The highest BCUT2D eigenvalue weighted by molar-refractivity contribution is 14.0. The lowest BCUT2D eigenvalue weighted by Gasteiger charge is -2.14. The summed E-state index contributed by atoms with van der Waals surface area (Å²) in [6, 6.07) is 13.7. The monoisotopic (exact) mass is 524 g/mol. The molecule has 0 aliphatic rings. The van der Waals surface area contributed by atoms with Crippen molar-refractivity contribution in [2.75, 3.05) is 20.2 Å². The Bertz CT molecular complexity index is 840. The van der Waals surface area contributed by atoms with Crippen LogP contribution in [0.3, 0.4) is 0 Å². The third-order valence-electron chi connectivity index (χ3n) is 4.38. The Morgan fingerprint density at radius 3 is 2.57 bits per heavy atom. The van der Waals surface area contributed by atoms with Gasteiger partial charge in [-0.15, -0.1) is 24.0 Å². The topological polar surface area (TPSA) is 74.8 Å². The first kappa shape index (κ1) is 25.7. The first-order valence-electron chi connectivity index (χ1n) is 10.1. The molecule has 30 heavy (non-hydrogen) atoms. The molecule has 0 spiro atoms. The first-order chi connectivity index (χ1) is 14.1. The fourth-order valence-corrected chi connectivity index (χ4v) is 2.84. The number of methoxy groups -OCH3 is 1. The standard InChI is InChI=1S/C23H32N4O2.HI/c1-5-12-25-22(28)19-9-7-8-18(14-19)15-26-23(24-6-2)27-16-20-11-10-17(3)13-21(20)29-4;/h7-11,13-14H,5-6,12,15-16H2,1-4H3,(H,25,28)(H2,24,26,27);1H. The number of aryl methyl sites for hydroxylation is 1. The molecule has 0 aliphatic heterocycles. The van der Waals surface area contributed by atoms with Crippen LogP contribution in [-0.2, 0) is 13.1 Å². The summed E-state index contributed by atoms with van der Waals surface area (Å²) >= 11 is 0. The zero-order valence-corrected chi connectivity index (χ0v) is 20.6. The predicted octanol–water partition coefficient (Wildman–Crippen LogP) is 4.02. The van der Waals surface area contributed by atoms with E-state index in [1.54, 1.807) is 7.11 Å². The van der Waals surface area contributed by atoms with Crippen LogP contribution in [0, 0.1) is 6.92 Å². The van der Waals surface area contributed by atoms with Gasteiger partial charge >= 0.3 is 0 Å². The number of rotatable bonds is 9. The molecule has 7 heteroatoms. The maximum atomic E-state index is 12.2. The zero-order valence-electron chi connectivity index (χ0n) is 18.2. The molecule has 0 bridgehead atoms. The molecule has 2 aromatic carbocycles. The molecule has 164 valence electrons. The fraction of sp³-hybridized carbons (Fsp3) is 0.391. The van der Waals surface area contributed by atoms with Gasteiger partial charge in [-0.1, -0.05) is 31.2 Å². The Kier molecular flexibility index (Phi) is 11.9. The summed E-state index contributed by atoms with van der Waals surface area (Å²) in [5, 5.41) is 9.51. The van der Waals surface area contributed by atoms with Crippen molar-refractivity contribution in [3.63, 3.8) is 0 Å². The van der Waals surface area contributed by atoms with Crippen LogP contribution in [0.15, 0.2) is 47.5 Å². The van der Waals surface area contributed by atoms with E-state index in [0.717, 1.165) is 41.4 Å². The largest absolute Gasteiger partial charge is 0.496 e. The molecule has 0 heterocycles. The molecule has 0 fully saturated rings. The highest BCUT2D eigenvalue weighted by atomic mass is 127. The minimum absolute atomic E-state index is 0. The zero-order chi connectivity index (χ0) is 21.1. The lowest BCUT2D eigenvalue weighted by atomic mass is 10.1. The molecular formula is C23H33IN4O2. The fourth-order valence-electron chi connectivity index (χ4n) is 2.84. The number of hydrogen-bond donors (Lipinski definition) is 3. The van der Waals surface area contributed by atoms with E-state index in [4.69, 9.17) is 4.74 Å². The molecule has 0 saturated heterocycles. The molecule has 2 rings (SSSR count). The van der Waals surface area contributed by atoms with Gasteiger partial charge in [-0.05, 0) is 49.6 Å². The summed E-state index contributed by atoms with van der Waals surface area (Å²) in [5.41, 5.74) is 3.88. The van der Waals surface area contributed by atoms with E-state index in [0.29, 0.717) is 25.2 Å². The normalized spacial score (nSPS) is 10.7. The van der Waals surface area contributed by atoms with Crippen molar-refractivity contribution in [1.82, 2.24) is 16.0 Å². The molecule has 0 saturated carbocycles. The van der Waals surface area contributed by atoms with Crippen molar-refractivity contribution in [3.8, 4) is 5.75 Å². The minimum Gasteiger partial charge on any atom is -0.496 e. The maximum Gasteiger partial charge on any atom is 0.251 e. The molecule has 1 amide bonds. The number of nitrogens with one attached hydrogen (secondary N) is 3. The molecule has 0 aromatic heterocycles. The number of halogens is 1. The van der Waals surface area contributed by atoms with Gasteiger partial charge in [0.15, 0.2) is 5.96 Å². The van der Waals surface area contributed by atoms with Gasteiger partial charge in [0.25, 0.3) is 5.91 Å². The molecule has 3 N–H and O–H groups in total. The van der Waals surface area contributed by atoms with Crippen molar-refractivity contribution >= 4 is 35.8 Å². The van der Waals surface area contributed by atoms with Crippen LogP contribution in [0.4, 0.5) is 0 Å². The summed E-state index contributed by atoms with van der Waals surface area (Å²) < 4.78 is 5.47. The van der Waals surface area contributed by atoms with Crippen LogP contribution in [0.2, 0.25) is 0 Å². The van der Waals surface area contributed by atoms with E-state index >= 15 is 0 Å². The molecule has 6 nitrogen and oxygen atoms in total. The van der Waals surface area contributed by atoms with E-state index in [-0.39, 0.29) is 29.9 Å². The lowest BCUT2D eigenvalue weighted by molar-refractivity contribution is 0.0953. The van der Waals surface area contributed by atoms with Crippen molar-refractivity contribution in [3.05, 3.63) is 64.7 Å². The minimum atomic E-state index is -0.0471. The van der Waals surface area contributed by atoms with Gasteiger partial charge in [0.1, 0.15) is 5.75 Å². The van der Waals surface area contributed by atoms with Gasteiger partial charge in [0, 0.05) is 30.8 Å². The van der Waals surface area contributed by atoms with Crippen molar-refractivity contribution in [1.29, 1.82) is 0 Å². The van der Waals surface area contributed by atoms with Crippen molar-refractivity contribution in [2.45, 2.75) is 40.3 Å². The predicted molar refractivity (Wildman–Crippen MR) is 134 cm³/mol. The van der Waals surface area contributed by atoms with Gasteiger partial charge < -0.3 is 20.7 Å². The number of carbonyl (C=O) groups excluding carboxylic acids is 1. The molecule has 0 radical (unpaired) electrons. The number of benzene rings is 2. The summed E-state index contributed by atoms with van der Waals surface area (Å²) in [7, 11) is 1.68. The van der Waals surface area contributed by atoms with E-state index < -0.39 is 0 Å². The molecule has 2 aromatic rings. The summed E-state index contributed by atoms with van der Waals surface area (Å²) in [6.07, 6.45) is 0.916. The van der Waals surface area contributed by atoms with E-state index in [9.17, 15) is 4.79 Å². The Hall–Kier alpha value is -2.29. The van der Waals surface area contributed by atoms with E-state index in [1.807, 2.05) is 51.1 Å². The van der Waals surface area contributed by atoms with Gasteiger partial charge in [0.2, 0.25) is 0 Å². The Labute approximate surface area is 196 Å². The second-order valence-corrected chi connectivity index (χ2v) is 6.82. The van der Waals surface area contributed by atoms with Crippen LogP contribution in [-0.4, -0.2) is 32.1 Å². The Morgan fingerprint density at radius 2 is 1.87 bits per heavy atom. The SMILES string of the molecule is CCCNC(=O)c1cccc(CN=C(NCC)NCc2ccc(C)cc2OC)c1.I. The highest BCUT2D eigenvalue weighted by Crippen LogP contribution is 2.19. The van der Waals surface area contributed by atoms with Crippen molar-refractivity contribution in [2.24, 2.45) is 4.99 Å². The Morgan fingerprint density at radius 1 is 1.07 bits per heavy atom. The molecule has 0 aliphatic carbocycles. The quantitative estimate of drug-likeness (QED) is 0.263. The third kappa shape index (κ3) is 8.22. The van der Waals surface area contributed by atoms with Gasteiger partial charge in [0.05, 0.1) is 13.7 Å². The van der Waals surface area contributed by atoms with Crippen molar-refractivity contribution < 1.29 is 9.53 Å². The van der Waals surface area contributed by atoms with E-state index in [1.165, 1.54) is 0 Å². The van der Waals surface area contributed by atoms with Gasteiger partial charge in [-0.25, -0.2) is 4.99 Å². The number of aliphatic imine (C=N–C) groups is 1. The summed E-state index contributed by atoms with van der Waals surface area (Å²) in [5.74, 6) is 1.53. The second kappa shape index (κ2) is 13.8. The van der Waals surface area contributed by atoms with Gasteiger partial charge in [-0.2, -0.15) is 0 Å². The highest BCUT2D eigenvalue weighted by Gasteiger charge is 2.07. The number of guanidine groups is 1. The Balaban J connectivity index is 0.00000450. The lowest BCUT2D eigenvalue weighted by Crippen LogP contribution is -2.36. The smallest absolute Gasteiger partial charge is 0.251 e. The van der Waals surface area contributed by atoms with Crippen LogP contribution in [0.5, 0.6) is 5.75 Å². The average Bonchev–Trinajstić information content (AvgIpc) is 2.74. The number of nitrogens with zero attached hydrogens (tertiary/aromatic N) is 1. The summed E-state index contributed by atoms with van der Waals surface area (Å²) in [4.78, 5) is 16.8. The number of ether oxygens (including phenoxy) is 1. The third-order valence-corrected chi connectivity index (χ3v) is 4.38. The maximum absolute atomic E-state index is 12.2. The molecule has 0 atom stereocenters.